The lowest BCUT2D eigenvalue weighted by atomic mass is 9.81. The Morgan fingerprint density at radius 1 is 1.17 bits per heavy atom. The molecule has 0 aromatic rings. The van der Waals surface area contributed by atoms with Crippen LogP contribution in [0, 0.1) is 0 Å². The van der Waals surface area contributed by atoms with Crippen LogP contribution in [-0.4, -0.2) is 38.6 Å². The molecular formula is C18H26N2O3. The van der Waals surface area contributed by atoms with E-state index in [1.165, 1.54) is 12.2 Å². The van der Waals surface area contributed by atoms with Gasteiger partial charge in [-0.15, -0.1) is 0 Å². The molecule has 4 atom stereocenters. The first-order chi connectivity index (χ1) is 10.8. The molecule has 0 saturated heterocycles. The van der Waals surface area contributed by atoms with Crippen LogP contribution in [-0.2, 0) is 0 Å². The van der Waals surface area contributed by atoms with Crippen molar-refractivity contribution in [3.05, 3.63) is 47.3 Å². The van der Waals surface area contributed by atoms with Crippen LogP contribution in [0.2, 0.25) is 0 Å². The molecule has 5 nitrogen and oxygen atoms in total. The van der Waals surface area contributed by atoms with E-state index in [4.69, 9.17) is 0 Å². The molecule has 126 valence electrons. The first kappa shape index (κ1) is 17.6. The van der Waals surface area contributed by atoms with Gasteiger partial charge in [-0.1, -0.05) is 32.1 Å². The second-order valence-electron chi connectivity index (χ2n) is 6.49. The third kappa shape index (κ3) is 3.16. The number of hydrogen-bond donors (Lipinski definition) is 3. The topological polar surface area (TPSA) is 85.4 Å². The molecule has 0 aliphatic heterocycles. The average Bonchev–Trinajstić information content (AvgIpc) is 2.52. The zero-order valence-electron chi connectivity index (χ0n) is 14.2. The second-order valence-corrected chi connectivity index (χ2v) is 6.49. The third-order valence-electron chi connectivity index (χ3n) is 4.75. The minimum atomic E-state index is -1.05. The lowest BCUT2D eigenvalue weighted by Crippen LogP contribution is -2.43. The van der Waals surface area contributed by atoms with Crippen molar-refractivity contribution in [3.63, 3.8) is 0 Å². The SMILES string of the molecule is CCC1=CC=CC(CC)(N=NC2(C)C=C(O)C=C(C)C2O)C1O. The summed E-state index contributed by atoms with van der Waals surface area (Å²) >= 11 is 0. The van der Waals surface area contributed by atoms with E-state index in [9.17, 15) is 15.3 Å². The van der Waals surface area contributed by atoms with E-state index in [0.29, 0.717) is 12.0 Å². The summed E-state index contributed by atoms with van der Waals surface area (Å²) in [4.78, 5) is 0. The lowest BCUT2D eigenvalue weighted by molar-refractivity contribution is 0.117. The van der Waals surface area contributed by atoms with Gasteiger partial charge in [0.05, 0.1) is 0 Å². The van der Waals surface area contributed by atoms with Crippen molar-refractivity contribution in [2.75, 3.05) is 0 Å². The molecular weight excluding hydrogens is 292 g/mol. The number of nitrogens with zero attached hydrogens (tertiary/aromatic N) is 2. The van der Waals surface area contributed by atoms with E-state index in [-0.39, 0.29) is 5.76 Å². The summed E-state index contributed by atoms with van der Waals surface area (Å²) < 4.78 is 0. The van der Waals surface area contributed by atoms with E-state index >= 15 is 0 Å². The fourth-order valence-corrected chi connectivity index (χ4v) is 3.10. The average molecular weight is 318 g/mol. The van der Waals surface area contributed by atoms with Gasteiger partial charge in [-0.25, -0.2) is 0 Å². The molecule has 0 amide bonds. The molecule has 2 aliphatic rings. The summed E-state index contributed by atoms with van der Waals surface area (Å²) in [5, 5.41) is 39.6. The highest BCUT2D eigenvalue weighted by molar-refractivity contribution is 5.35. The molecule has 0 heterocycles. The Morgan fingerprint density at radius 2 is 1.87 bits per heavy atom. The van der Waals surface area contributed by atoms with Crippen molar-refractivity contribution in [3.8, 4) is 0 Å². The number of aliphatic hydroxyl groups is 3. The molecule has 23 heavy (non-hydrogen) atoms. The van der Waals surface area contributed by atoms with Crippen LogP contribution in [0.4, 0.5) is 0 Å². The van der Waals surface area contributed by atoms with Gasteiger partial charge in [0.15, 0.2) is 0 Å². The van der Waals surface area contributed by atoms with Crippen molar-refractivity contribution in [2.45, 2.75) is 63.8 Å². The maximum atomic E-state index is 10.7. The normalized spacial score (nSPS) is 37.6. The maximum Gasteiger partial charge on any atom is 0.130 e. The van der Waals surface area contributed by atoms with Gasteiger partial charge in [0, 0.05) is 0 Å². The highest BCUT2D eigenvalue weighted by Gasteiger charge is 2.40. The largest absolute Gasteiger partial charge is 0.508 e. The van der Waals surface area contributed by atoms with Crippen LogP contribution >= 0.6 is 0 Å². The number of rotatable bonds is 4. The first-order valence-electron chi connectivity index (χ1n) is 8.06. The van der Waals surface area contributed by atoms with Crippen LogP contribution in [0.15, 0.2) is 57.5 Å². The minimum Gasteiger partial charge on any atom is -0.508 e. The van der Waals surface area contributed by atoms with E-state index in [0.717, 1.165) is 12.0 Å². The summed E-state index contributed by atoms with van der Waals surface area (Å²) in [5.74, 6) is 0.0636. The standard InChI is InChI=1S/C18H26N2O3/c1-5-13-8-7-9-18(6-2,16(13)23)20-19-17(4)11-14(21)10-12(3)15(17)22/h7-11,15-16,21-23H,5-6H2,1-4H3. The van der Waals surface area contributed by atoms with Crippen molar-refractivity contribution in [1.29, 1.82) is 0 Å². The van der Waals surface area contributed by atoms with Crippen LogP contribution in [0.5, 0.6) is 0 Å². The summed E-state index contributed by atoms with van der Waals surface area (Å²) in [6, 6.07) is 0. The Balaban J connectivity index is 2.36. The maximum absolute atomic E-state index is 10.7. The number of allylic oxidation sites excluding steroid dienone is 3. The van der Waals surface area contributed by atoms with Gasteiger partial charge in [0.1, 0.15) is 29.0 Å². The van der Waals surface area contributed by atoms with Gasteiger partial charge in [-0.3, -0.25) is 0 Å². The molecule has 0 aromatic heterocycles. The Bertz CT molecular complexity index is 618. The predicted molar refractivity (Wildman–Crippen MR) is 90.3 cm³/mol. The fourth-order valence-electron chi connectivity index (χ4n) is 3.10. The molecule has 0 spiro atoms. The molecule has 4 unspecified atom stereocenters. The van der Waals surface area contributed by atoms with Gasteiger partial charge in [0.2, 0.25) is 0 Å². The van der Waals surface area contributed by atoms with Crippen LogP contribution in [0.25, 0.3) is 0 Å². The van der Waals surface area contributed by atoms with Crippen molar-refractivity contribution < 1.29 is 15.3 Å². The fraction of sp³-hybridized carbons (Fsp3) is 0.556. The lowest BCUT2D eigenvalue weighted by Gasteiger charge is -2.36. The predicted octanol–water partition coefficient (Wildman–Crippen LogP) is 3.38. The van der Waals surface area contributed by atoms with Crippen molar-refractivity contribution >= 4 is 0 Å². The van der Waals surface area contributed by atoms with Crippen LogP contribution < -0.4 is 0 Å². The molecule has 0 fully saturated rings. The molecule has 3 N–H and O–H groups in total. The summed E-state index contributed by atoms with van der Waals surface area (Å²) in [5.41, 5.74) is -0.337. The number of hydrogen-bond acceptors (Lipinski definition) is 5. The molecule has 2 rings (SSSR count). The van der Waals surface area contributed by atoms with E-state index in [1.54, 1.807) is 13.8 Å². The van der Waals surface area contributed by atoms with Crippen LogP contribution in [0.1, 0.15) is 40.5 Å². The first-order valence-corrected chi connectivity index (χ1v) is 8.06. The quantitative estimate of drug-likeness (QED) is 0.695. The van der Waals surface area contributed by atoms with Crippen molar-refractivity contribution in [2.24, 2.45) is 10.2 Å². The Morgan fingerprint density at radius 3 is 2.48 bits per heavy atom. The number of azo groups is 1. The van der Waals surface area contributed by atoms with Gasteiger partial charge in [0.25, 0.3) is 0 Å². The Hall–Kier alpha value is -1.72. The zero-order valence-corrected chi connectivity index (χ0v) is 14.2. The minimum absolute atomic E-state index is 0.0636. The monoisotopic (exact) mass is 318 g/mol. The highest BCUT2D eigenvalue weighted by atomic mass is 16.3. The molecule has 0 aromatic carbocycles. The van der Waals surface area contributed by atoms with Crippen molar-refractivity contribution in [1.82, 2.24) is 0 Å². The molecule has 0 radical (unpaired) electrons. The molecule has 2 aliphatic carbocycles. The van der Waals surface area contributed by atoms with Crippen LogP contribution in [0.3, 0.4) is 0 Å². The van der Waals surface area contributed by atoms with Gasteiger partial charge < -0.3 is 15.3 Å². The van der Waals surface area contributed by atoms with E-state index in [1.807, 2.05) is 32.1 Å². The van der Waals surface area contributed by atoms with E-state index in [2.05, 4.69) is 10.2 Å². The highest BCUT2D eigenvalue weighted by Crippen LogP contribution is 2.35. The smallest absolute Gasteiger partial charge is 0.130 e. The molecule has 5 heteroatoms. The number of aliphatic hydroxyl groups excluding tert-OH is 3. The van der Waals surface area contributed by atoms with Gasteiger partial charge in [-0.05, 0) is 50.0 Å². The summed E-state index contributed by atoms with van der Waals surface area (Å²) in [7, 11) is 0. The Kier molecular flexibility index (Phi) is 4.92. The second kappa shape index (κ2) is 6.42. The summed E-state index contributed by atoms with van der Waals surface area (Å²) in [6.07, 6.45) is 8.40. The van der Waals surface area contributed by atoms with E-state index < -0.39 is 23.3 Å². The Labute approximate surface area is 137 Å². The van der Waals surface area contributed by atoms with Gasteiger partial charge in [-0.2, -0.15) is 10.2 Å². The van der Waals surface area contributed by atoms with Gasteiger partial charge >= 0.3 is 0 Å². The molecule has 0 saturated carbocycles. The molecule has 0 bridgehead atoms. The third-order valence-corrected chi connectivity index (χ3v) is 4.75. The summed E-state index contributed by atoms with van der Waals surface area (Å²) in [6.45, 7) is 7.40. The zero-order chi connectivity index (χ0) is 17.3.